The van der Waals surface area contributed by atoms with Crippen LogP contribution in [0.15, 0.2) is 23.8 Å². The van der Waals surface area contributed by atoms with Gasteiger partial charge in [-0.2, -0.15) is 0 Å². The van der Waals surface area contributed by atoms with Crippen molar-refractivity contribution in [3.05, 3.63) is 29.3 Å². The number of hydrogen-bond donors (Lipinski definition) is 0. The molecule has 1 saturated carbocycles. The Morgan fingerprint density at radius 2 is 2.03 bits per heavy atom. The molecule has 4 fully saturated rings. The fraction of sp³-hybridized carbons (Fsp3) is 0.609. The van der Waals surface area contributed by atoms with Crippen LogP contribution in [0, 0.1) is 11.8 Å². The maximum absolute atomic E-state index is 13.5. The summed E-state index contributed by atoms with van der Waals surface area (Å²) in [7, 11) is 3.36. The molecule has 1 amide bonds. The van der Waals surface area contributed by atoms with Gasteiger partial charge in [0.15, 0.2) is 11.5 Å². The van der Waals surface area contributed by atoms with Crippen LogP contribution < -0.4 is 26.8 Å². The summed E-state index contributed by atoms with van der Waals surface area (Å²) < 4.78 is 17.6. The molecule has 0 aromatic heterocycles. The smallest absolute Gasteiger partial charge is 1.00 e. The van der Waals surface area contributed by atoms with Gasteiger partial charge in [-0.3, -0.25) is 9.69 Å². The van der Waals surface area contributed by atoms with Crippen LogP contribution in [0.3, 0.4) is 0 Å². The minimum atomic E-state index is -0.0242. The second kappa shape index (κ2) is 6.15. The van der Waals surface area contributed by atoms with Crippen molar-refractivity contribution >= 4 is 11.6 Å². The Kier molecular flexibility index (Phi) is 3.89. The van der Waals surface area contributed by atoms with Crippen molar-refractivity contribution in [1.29, 1.82) is 0 Å². The van der Waals surface area contributed by atoms with E-state index >= 15 is 0 Å². The summed E-state index contributed by atoms with van der Waals surface area (Å²) in [5.74, 6) is 2.57. The van der Waals surface area contributed by atoms with Gasteiger partial charge >= 0.3 is 1.43 Å². The zero-order valence-electron chi connectivity index (χ0n) is 18.3. The Labute approximate surface area is 184 Å². The van der Waals surface area contributed by atoms with E-state index in [2.05, 4.69) is 21.9 Å². The lowest BCUT2D eigenvalue weighted by molar-refractivity contribution is -0.132. The van der Waals surface area contributed by atoms with Crippen molar-refractivity contribution in [1.82, 2.24) is 4.90 Å². The molecule has 1 aromatic rings. The summed E-state index contributed by atoms with van der Waals surface area (Å²) in [5.41, 5.74) is 3.85. The van der Waals surface area contributed by atoms with E-state index in [1.807, 2.05) is 6.07 Å². The molecule has 6 atom stereocenters. The number of anilines is 1. The number of ether oxygens (including phenoxy) is 3. The summed E-state index contributed by atoms with van der Waals surface area (Å²) in [6.45, 7) is 2.80. The number of nitrogens with zero attached hydrogens (tertiary/aromatic N) is 2. The Bertz CT molecular complexity index is 987. The van der Waals surface area contributed by atoms with Gasteiger partial charge in [-0.1, -0.05) is 11.6 Å². The Balaban J connectivity index is 0.00000102. The highest BCUT2D eigenvalue weighted by molar-refractivity contribution is 5.99. The molecule has 3 saturated heterocycles. The number of hydrogen-bond acceptors (Lipinski definition) is 5. The maximum atomic E-state index is 13.5. The standard InChI is InChI=1S/C23H26N2O4.ClH/c1-27-16-8-14-15(9-17(16)28-2)25-20(26)10-18-21-13-7-19-23(14,22(21)25)4-5-24(19)11-12(13)3-6-29-18;/h3,8-9,13,18-19,21-22H,4-7,10-11H2,1-2H3;1H. The van der Waals surface area contributed by atoms with Crippen molar-refractivity contribution in [2.75, 3.05) is 38.8 Å². The molecule has 1 aliphatic carbocycles. The van der Waals surface area contributed by atoms with Gasteiger partial charge in [-0.25, -0.2) is 0 Å². The average molecular weight is 431 g/mol. The van der Waals surface area contributed by atoms with E-state index in [-0.39, 0.29) is 37.3 Å². The summed E-state index contributed by atoms with van der Waals surface area (Å²) in [6.07, 6.45) is 5.11. The summed E-state index contributed by atoms with van der Waals surface area (Å²) in [4.78, 5) is 18.3. The molecule has 0 radical (unpaired) electrons. The summed E-state index contributed by atoms with van der Waals surface area (Å²) in [5, 5.41) is 0. The number of benzene rings is 1. The van der Waals surface area contributed by atoms with Crippen LogP contribution in [0.4, 0.5) is 5.69 Å². The number of rotatable bonds is 2. The van der Waals surface area contributed by atoms with E-state index in [9.17, 15) is 4.79 Å². The normalized spacial score (nSPS) is 39.7. The van der Waals surface area contributed by atoms with E-state index in [4.69, 9.17) is 14.2 Å². The molecule has 5 heterocycles. The van der Waals surface area contributed by atoms with Gasteiger partial charge in [-0.05, 0) is 36.9 Å². The molecule has 7 heteroatoms. The number of halogens is 1. The minimum Gasteiger partial charge on any atom is -1.00 e. The van der Waals surface area contributed by atoms with Gasteiger partial charge in [0, 0.05) is 30.0 Å². The Morgan fingerprint density at radius 3 is 2.83 bits per heavy atom. The lowest BCUT2D eigenvalue weighted by Gasteiger charge is -2.58. The highest BCUT2D eigenvalue weighted by Crippen LogP contribution is 2.66. The molecular weight excluding hydrogens is 404 g/mol. The summed E-state index contributed by atoms with van der Waals surface area (Å²) >= 11 is 0. The molecule has 6 aliphatic rings. The maximum Gasteiger partial charge on any atom is 1.00 e. The predicted molar refractivity (Wildman–Crippen MR) is 108 cm³/mol. The fourth-order valence-corrected chi connectivity index (χ4v) is 7.87. The van der Waals surface area contributed by atoms with Crippen LogP contribution >= 0.6 is 0 Å². The SMILES string of the molecule is COc1cc2c(cc1OC)C13CCN4CC5=CCOC6CC(=O)N2C1C6C5CC43.[Cl-].[H+]. The third-order valence-electron chi connectivity index (χ3n) is 8.81. The largest absolute Gasteiger partial charge is 1.00 e. The van der Waals surface area contributed by atoms with E-state index < -0.39 is 0 Å². The van der Waals surface area contributed by atoms with Crippen LogP contribution in [0.1, 0.15) is 26.3 Å². The highest BCUT2D eigenvalue weighted by Gasteiger charge is 2.71. The van der Waals surface area contributed by atoms with Crippen LogP contribution in [0.5, 0.6) is 11.5 Å². The molecule has 1 aromatic carbocycles. The number of carbonyl (C=O) groups excluding carboxylic acids is 1. The molecule has 5 aliphatic heterocycles. The van der Waals surface area contributed by atoms with Gasteiger partial charge < -0.3 is 31.5 Å². The molecule has 6 nitrogen and oxygen atoms in total. The lowest BCUT2D eigenvalue weighted by atomic mass is 9.53. The topological polar surface area (TPSA) is 51.2 Å². The Morgan fingerprint density at radius 1 is 1.23 bits per heavy atom. The second-order valence-corrected chi connectivity index (χ2v) is 9.48. The molecule has 1 spiro atoms. The summed E-state index contributed by atoms with van der Waals surface area (Å²) in [6, 6.07) is 4.87. The first-order chi connectivity index (χ1) is 14.2. The molecule has 7 rings (SSSR count). The van der Waals surface area contributed by atoms with Gasteiger partial charge in [0.1, 0.15) is 0 Å². The zero-order chi connectivity index (χ0) is 19.5. The van der Waals surface area contributed by atoms with E-state index in [1.165, 1.54) is 12.0 Å². The quantitative estimate of drug-likeness (QED) is 0.577. The van der Waals surface area contributed by atoms with Crippen molar-refractivity contribution in [2.24, 2.45) is 11.8 Å². The number of methoxy groups -OCH3 is 2. The number of fused-ring (bicyclic) bond motifs is 2. The number of carbonyl (C=O) groups is 1. The minimum absolute atomic E-state index is 0. The first kappa shape index (κ1) is 19.0. The van der Waals surface area contributed by atoms with Gasteiger partial charge in [0.25, 0.3) is 0 Å². The first-order valence-corrected chi connectivity index (χ1v) is 10.8. The van der Waals surface area contributed by atoms with Crippen LogP contribution in [-0.4, -0.2) is 62.9 Å². The number of piperidine rings is 2. The van der Waals surface area contributed by atoms with Crippen molar-refractivity contribution in [2.45, 2.75) is 42.9 Å². The van der Waals surface area contributed by atoms with Crippen molar-refractivity contribution in [3.63, 3.8) is 0 Å². The van der Waals surface area contributed by atoms with Gasteiger partial charge in [-0.15, -0.1) is 0 Å². The van der Waals surface area contributed by atoms with Gasteiger partial charge in [0.2, 0.25) is 5.91 Å². The highest BCUT2D eigenvalue weighted by atomic mass is 35.5. The van der Waals surface area contributed by atoms with E-state index in [1.54, 1.807) is 19.8 Å². The molecule has 30 heavy (non-hydrogen) atoms. The number of amides is 1. The fourth-order valence-electron chi connectivity index (χ4n) is 7.87. The molecule has 0 N–H and O–H groups in total. The van der Waals surface area contributed by atoms with Crippen LogP contribution in [-0.2, 0) is 14.9 Å². The molecule has 6 unspecified atom stereocenters. The third kappa shape index (κ3) is 1.96. The van der Waals surface area contributed by atoms with Crippen molar-refractivity contribution < 1.29 is 32.8 Å². The molecule has 2 bridgehead atoms. The predicted octanol–water partition coefficient (Wildman–Crippen LogP) is -0.774. The zero-order valence-corrected chi connectivity index (χ0v) is 18.0. The van der Waals surface area contributed by atoms with Crippen LogP contribution in [0.2, 0.25) is 0 Å². The van der Waals surface area contributed by atoms with E-state index in [0.717, 1.165) is 30.9 Å². The molecular formula is C23H27ClN2O4. The molecule has 160 valence electrons. The van der Waals surface area contributed by atoms with Crippen LogP contribution in [0.25, 0.3) is 0 Å². The second-order valence-electron chi connectivity index (χ2n) is 9.48. The Hall–Kier alpha value is -1.76. The van der Waals surface area contributed by atoms with E-state index in [0.29, 0.717) is 36.7 Å². The van der Waals surface area contributed by atoms with Crippen molar-refractivity contribution in [3.8, 4) is 11.5 Å². The monoisotopic (exact) mass is 430 g/mol. The van der Waals surface area contributed by atoms with Gasteiger partial charge in [0.05, 0.1) is 45.1 Å². The third-order valence-corrected chi connectivity index (χ3v) is 8.81. The average Bonchev–Trinajstić information content (AvgIpc) is 3.20. The lowest BCUT2D eigenvalue weighted by Crippen LogP contribution is -3.00. The first-order valence-electron chi connectivity index (χ1n) is 10.8.